The van der Waals surface area contributed by atoms with Crippen LogP contribution < -0.4 is 4.74 Å². The number of methoxy groups -OCH3 is 1. The van der Waals surface area contributed by atoms with E-state index in [0.29, 0.717) is 6.04 Å². The van der Waals surface area contributed by atoms with E-state index in [4.69, 9.17) is 9.73 Å². The van der Waals surface area contributed by atoms with E-state index in [2.05, 4.69) is 35.0 Å². The van der Waals surface area contributed by atoms with Gasteiger partial charge in [0.25, 0.3) is 0 Å². The number of hydrogen-bond acceptors (Lipinski definition) is 2. The fourth-order valence-electron chi connectivity index (χ4n) is 2.89. The van der Waals surface area contributed by atoms with Gasteiger partial charge in [-0.2, -0.15) is 0 Å². The fraction of sp³-hybridized carbons (Fsp3) is 0.389. The molecule has 21 heavy (non-hydrogen) atoms. The van der Waals surface area contributed by atoms with Gasteiger partial charge in [0, 0.05) is 18.1 Å². The number of benzene rings is 1. The molecular formula is C18H22N2O. The number of rotatable bonds is 4. The van der Waals surface area contributed by atoms with Crippen molar-refractivity contribution in [1.29, 1.82) is 0 Å². The van der Waals surface area contributed by atoms with Gasteiger partial charge in [0.1, 0.15) is 5.75 Å². The third kappa shape index (κ3) is 3.35. The molecule has 0 N–H and O–H groups in total. The fourth-order valence-corrected chi connectivity index (χ4v) is 2.89. The first-order valence-corrected chi connectivity index (χ1v) is 7.72. The van der Waals surface area contributed by atoms with E-state index in [1.165, 1.54) is 32.1 Å². The van der Waals surface area contributed by atoms with Crippen molar-refractivity contribution in [3.63, 3.8) is 0 Å². The summed E-state index contributed by atoms with van der Waals surface area (Å²) in [5.74, 6) is 0.878. The molecule has 0 aliphatic heterocycles. The monoisotopic (exact) mass is 282 g/mol. The largest absolute Gasteiger partial charge is 0.497 e. The van der Waals surface area contributed by atoms with Gasteiger partial charge in [-0.1, -0.05) is 19.3 Å². The molecule has 1 aromatic carbocycles. The molecule has 1 aliphatic carbocycles. The third-order valence-corrected chi connectivity index (χ3v) is 4.12. The molecule has 3 heteroatoms. The second-order valence-electron chi connectivity index (χ2n) is 5.57. The van der Waals surface area contributed by atoms with Crippen molar-refractivity contribution >= 4 is 6.21 Å². The molecule has 1 aliphatic rings. The summed E-state index contributed by atoms with van der Waals surface area (Å²) in [6.07, 6.45) is 10.6. The number of aliphatic imine (C=N–C) groups is 1. The summed E-state index contributed by atoms with van der Waals surface area (Å²) in [5, 5.41) is 0. The summed E-state index contributed by atoms with van der Waals surface area (Å²) in [6.45, 7) is 0. The van der Waals surface area contributed by atoms with Crippen molar-refractivity contribution in [2.75, 3.05) is 7.11 Å². The van der Waals surface area contributed by atoms with Crippen LogP contribution >= 0.6 is 0 Å². The van der Waals surface area contributed by atoms with Crippen molar-refractivity contribution in [1.82, 2.24) is 4.57 Å². The van der Waals surface area contributed by atoms with Gasteiger partial charge in [0.15, 0.2) is 0 Å². The second-order valence-corrected chi connectivity index (χ2v) is 5.57. The average molecular weight is 282 g/mol. The van der Waals surface area contributed by atoms with Crippen molar-refractivity contribution in [2.45, 2.75) is 38.1 Å². The van der Waals surface area contributed by atoms with Crippen molar-refractivity contribution in [2.24, 2.45) is 4.99 Å². The van der Waals surface area contributed by atoms with Crippen molar-refractivity contribution < 1.29 is 4.74 Å². The van der Waals surface area contributed by atoms with Gasteiger partial charge in [-0.05, 0) is 49.2 Å². The zero-order chi connectivity index (χ0) is 14.5. The highest BCUT2D eigenvalue weighted by Crippen LogP contribution is 2.21. The molecular weight excluding hydrogens is 260 g/mol. The molecule has 0 radical (unpaired) electrons. The van der Waals surface area contributed by atoms with Crippen LogP contribution in [0.25, 0.3) is 5.69 Å². The third-order valence-electron chi connectivity index (χ3n) is 4.12. The summed E-state index contributed by atoms with van der Waals surface area (Å²) in [7, 11) is 1.69. The van der Waals surface area contributed by atoms with Crippen LogP contribution in [0.2, 0.25) is 0 Å². The highest BCUT2D eigenvalue weighted by molar-refractivity contribution is 5.78. The van der Waals surface area contributed by atoms with Crippen molar-refractivity contribution in [3.8, 4) is 11.4 Å². The topological polar surface area (TPSA) is 26.5 Å². The Morgan fingerprint density at radius 1 is 1.10 bits per heavy atom. The van der Waals surface area contributed by atoms with Crippen LogP contribution in [-0.4, -0.2) is 23.9 Å². The molecule has 0 bridgehead atoms. The van der Waals surface area contributed by atoms with E-state index in [9.17, 15) is 0 Å². The Morgan fingerprint density at radius 3 is 2.57 bits per heavy atom. The van der Waals surface area contributed by atoms with Crippen LogP contribution in [0.4, 0.5) is 0 Å². The minimum atomic E-state index is 0.512. The highest BCUT2D eigenvalue weighted by atomic mass is 16.5. The van der Waals surface area contributed by atoms with Crippen molar-refractivity contribution in [3.05, 3.63) is 48.3 Å². The van der Waals surface area contributed by atoms with Crippen LogP contribution in [0.3, 0.4) is 0 Å². The molecule has 3 nitrogen and oxygen atoms in total. The number of nitrogens with zero attached hydrogens (tertiary/aromatic N) is 2. The van der Waals surface area contributed by atoms with E-state index < -0.39 is 0 Å². The summed E-state index contributed by atoms with van der Waals surface area (Å²) >= 11 is 0. The summed E-state index contributed by atoms with van der Waals surface area (Å²) in [4.78, 5) is 4.78. The Morgan fingerprint density at radius 2 is 1.86 bits per heavy atom. The Kier molecular flexibility index (Phi) is 4.39. The summed E-state index contributed by atoms with van der Waals surface area (Å²) < 4.78 is 7.37. The number of ether oxygens (including phenoxy) is 1. The smallest absolute Gasteiger partial charge is 0.119 e. The normalized spacial score (nSPS) is 16.4. The minimum absolute atomic E-state index is 0.512. The summed E-state index contributed by atoms with van der Waals surface area (Å²) in [6, 6.07) is 12.8. The average Bonchev–Trinajstić information content (AvgIpc) is 3.02. The Hall–Kier alpha value is -2.03. The molecule has 1 fully saturated rings. The molecule has 1 saturated carbocycles. The lowest BCUT2D eigenvalue weighted by atomic mass is 9.96. The van der Waals surface area contributed by atoms with Gasteiger partial charge >= 0.3 is 0 Å². The van der Waals surface area contributed by atoms with Crippen LogP contribution in [-0.2, 0) is 0 Å². The van der Waals surface area contributed by atoms with Gasteiger partial charge in [-0.3, -0.25) is 4.99 Å². The Bertz CT molecular complexity index is 592. The van der Waals surface area contributed by atoms with Gasteiger partial charge in [0.2, 0.25) is 0 Å². The molecule has 0 saturated heterocycles. The molecule has 3 rings (SSSR count). The molecule has 0 spiro atoms. The van der Waals surface area contributed by atoms with Crippen LogP contribution in [0.15, 0.2) is 47.6 Å². The molecule has 0 atom stereocenters. The molecule has 0 amide bonds. The molecule has 2 aromatic rings. The maximum atomic E-state index is 5.21. The maximum absolute atomic E-state index is 5.21. The lowest BCUT2D eigenvalue weighted by Gasteiger charge is -2.17. The van der Waals surface area contributed by atoms with Gasteiger partial charge < -0.3 is 9.30 Å². The first kappa shape index (κ1) is 13.9. The first-order chi connectivity index (χ1) is 10.4. The number of hydrogen-bond donors (Lipinski definition) is 0. The van der Waals surface area contributed by atoms with E-state index >= 15 is 0 Å². The SMILES string of the molecule is COc1ccc(-n2cccc2C=NC2CCCCC2)cc1. The van der Waals surface area contributed by atoms with E-state index in [0.717, 1.165) is 17.1 Å². The van der Waals surface area contributed by atoms with E-state index in [1.54, 1.807) is 7.11 Å². The van der Waals surface area contributed by atoms with E-state index in [-0.39, 0.29) is 0 Å². The number of aromatic nitrogens is 1. The van der Waals surface area contributed by atoms with E-state index in [1.807, 2.05) is 18.3 Å². The van der Waals surface area contributed by atoms with Gasteiger partial charge in [0.05, 0.1) is 18.8 Å². The molecule has 1 aromatic heterocycles. The minimum Gasteiger partial charge on any atom is -0.497 e. The quantitative estimate of drug-likeness (QED) is 0.770. The summed E-state index contributed by atoms with van der Waals surface area (Å²) in [5.41, 5.74) is 2.26. The van der Waals surface area contributed by atoms with Crippen LogP contribution in [0.5, 0.6) is 5.75 Å². The maximum Gasteiger partial charge on any atom is 0.119 e. The lowest BCUT2D eigenvalue weighted by molar-refractivity contribution is 0.415. The van der Waals surface area contributed by atoms with Gasteiger partial charge in [-0.15, -0.1) is 0 Å². The first-order valence-electron chi connectivity index (χ1n) is 7.72. The molecule has 0 unspecified atom stereocenters. The second kappa shape index (κ2) is 6.61. The van der Waals surface area contributed by atoms with Crippen LogP contribution in [0, 0.1) is 0 Å². The molecule has 1 heterocycles. The Balaban J connectivity index is 1.77. The lowest BCUT2D eigenvalue weighted by Crippen LogP contribution is -2.10. The van der Waals surface area contributed by atoms with Crippen LogP contribution in [0.1, 0.15) is 37.8 Å². The predicted octanol–water partition coefficient (Wildman–Crippen LogP) is 4.24. The zero-order valence-electron chi connectivity index (χ0n) is 12.5. The highest BCUT2D eigenvalue weighted by Gasteiger charge is 2.11. The predicted molar refractivity (Wildman–Crippen MR) is 86.8 cm³/mol. The van der Waals surface area contributed by atoms with Gasteiger partial charge in [-0.25, -0.2) is 0 Å². The molecule has 110 valence electrons. The standard InChI is InChI=1S/C18H22N2O/c1-21-18-11-9-16(10-12-18)20-13-5-8-17(20)14-19-15-6-3-2-4-7-15/h5,8-15H,2-4,6-7H2,1H3. The Labute approximate surface area is 126 Å². The zero-order valence-corrected chi connectivity index (χ0v) is 12.5.